The van der Waals surface area contributed by atoms with E-state index in [4.69, 9.17) is 0 Å². The minimum absolute atomic E-state index is 0.166. The van der Waals surface area contributed by atoms with Crippen LogP contribution in [0.4, 0.5) is 10.1 Å². The molecule has 4 aliphatic rings. The molecule has 2 N–H and O–H groups in total. The van der Waals surface area contributed by atoms with E-state index < -0.39 is 0 Å². The second kappa shape index (κ2) is 5.51. The number of piperazine rings is 1. The Morgan fingerprint density at radius 2 is 1.80 bits per heavy atom. The van der Waals surface area contributed by atoms with Gasteiger partial charge >= 0.3 is 0 Å². The van der Waals surface area contributed by atoms with Gasteiger partial charge in [-0.3, -0.25) is 19.8 Å². The number of hydrogen-bond donors (Lipinski definition) is 2. The van der Waals surface area contributed by atoms with Gasteiger partial charge in [-0.2, -0.15) is 0 Å². The van der Waals surface area contributed by atoms with Gasteiger partial charge in [-0.15, -0.1) is 0 Å². The molecule has 7 heteroatoms. The molecule has 0 aromatic heterocycles. The molecule has 1 aromatic carbocycles. The van der Waals surface area contributed by atoms with Crippen molar-refractivity contribution in [2.75, 3.05) is 18.0 Å². The number of amides is 2. The first-order valence-corrected chi connectivity index (χ1v) is 8.98. The predicted octanol–water partition coefficient (Wildman–Crippen LogP) is 0.497. The van der Waals surface area contributed by atoms with Crippen molar-refractivity contribution in [3.63, 3.8) is 0 Å². The number of rotatable bonds is 2. The van der Waals surface area contributed by atoms with Crippen LogP contribution < -0.4 is 15.5 Å². The van der Waals surface area contributed by atoms with E-state index in [0.717, 1.165) is 30.6 Å². The minimum atomic E-state index is -0.302. The van der Waals surface area contributed by atoms with Crippen molar-refractivity contribution in [2.24, 2.45) is 0 Å². The Morgan fingerprint density at radius 3 is 2.48 bits per heavy atom. The van der Waals surface area contributed by atoms with Crippen LogP contribution in [-0.2, 0) is 22.7 Å². The van der Waals surface area contributed by atoms with Crippen LogP contribution in [0.15, 0.2) is 12.1 Å². The topological polar surface area (TPSA) is 64.7 Å². The summed E-state index contributed by atoms with van der Waals surface area (Å²) in [5.74, 6) is -0.599. The van der Waals surface area contributed by atoms with Crippen molar-refractivity contribution in [2.45, 2.75) is 50.5 Å². The van der Waals surface area contributed by atoms with E-state index in [0.29, 0.717) is 43.7 Å². The fraction of sp³-hybridized carbons (Fsp3) is 0.556. The number of nitrogens with one attached hydrogen (secondary N) is 2. The van der Waals surface area contributed by atoms with Gasteiger partial charge in [0.2, 0.25) is 11.8 Å². The maximum Gasteiger partial charge on any atom is 0.243 e. The SMILES string of the molecule is O=C1CCC(N2Cc3cc(F)c(N4C5CNCC4C5)cc3C2)C(=O)N1. The van der Waals surface area contributed by atoms with Crippen molar-refractivity contribution in [3.8, 4) is 0 Å². The molecule has 5 rings (SSSR count). The Bertz CT molecular complexity index is 754. The molecule has 3 fully saturated rings. The van der Waals surface area contributed by atoms with Crippen LogP contribution in [0.25, 0.3) is 0 Å². The third kappa shape index (κ3) is 2.37. The summed E-state index contributed by atoms with van der Waals surface area (Å²) in [4.78, 5) is 27.7. The van der Waals surface area contributed by atoms with Gasteiger partial charge in [0.05, 0.1) is 11.7 Å². The first kappa shape index (κ1) is 15.3. The lowest BCUT2D eigenvalue weighted by atomic mass is 9.87. The molecule has 4 heterocycles. The molecule has 0 aliphatic carbocycles. The fourth-order valence-corrected chi connectivity index (χ4v) is 4.76. The van der Waals surface area contributed by atoms with Gasteiger partial charge in [-0.25, -0.2) is 4.39 Å². The Morgan fingerprint density at radius 1 is 1.08 bits per heavy atom. The average molecular weight is 344 g/mol. The highest BCUT2D eigenvalue weighted by molar-refractivity contribution is 6.00. The van der Waals surface area contributed by atoms with Crippen LogP contribution in [0.2, 0.25) is 0 Å². The third-order valence-electron chi connectivity index (χ3n) is 6.04. The molecule has 0 spiro atoms. The summed E-state index contributed by atoms with van der Waals surface area (Å²) in [5, 5.41) is 5.78. The molecule has 4 aliphatic heterocycles. The summed E-state index contributed by atoms with van der Waals surface area (Å²) in [7, 11) is 0. The number of fused-ring (bicyclic) bond motifs is 3. The molecule has 3 saturated heterocycles. The monoisotopic (exact) mass is 344 g/mol. The summed E-state index contributed by atoms with van der Waals surface area (Å²) in [6, 6.07) is 4.08. The largest absolute Gasteiger partial charge is 0.360 e. The molecule has 3 unspecified atom stereocenters. The fourth-order valence-electron chi connectivity index (χ4n) is 4.76. The van der Waals surface area contributed by atoms with Crippen molar-refractivity contribution in [1.82, 2.24) is 15.5 Å². The Kier molecular flexibility index (Phi) is 3.36. The second-order valence-corrected chi connectivity index (χ2v) is 7.55. The van der Waals surface area contributed by atoms with Crippen molar-refractivity contribution < 1.29 is 14.0 Å². The Balaban J connectivity index is 1.38. The zero-order valence-corrected chi connectivity index (χ0v) is 13.9. The normalized spacial score (nSPS) is 31.6. The molecule has 6 nitrogen and oxygen atoms in total. The summed E-state index contributed by atoms with van der Waals surface area (Å²) in [6.45, 7) is 3.02. The van der Waals surface area contributed by atoms with Gasteiger partial charge in [0.15, 0.2) is 0 Å². The summed E-state index contributed by atoms with van der Waals surface area (Å²) >= 11 is 0. The number of benzene rings is 1. The third-order valence-corrected chi connectivity index (χ3v) is 6.04. The molecule has 0 radical (unpaired) electrons. The number of nitrogens with zero attached hydrogens (tertiary/aromatic N) is 2. The Labute approximate surface area is 145 Å². The van der Waals surface area contributed by atoms with E-state index >= 15 is 0 Å². The first-order valence-electron chi connectivity index (χ1n) is 8.98. The first-order chi connectivity index (χ1) is 12.1. The molecule has 2 amide bonds. The van der Waals surface area contributed by atoms with Crippen molar-refractivity contribution >= 4 is 17.5 Å². The van der Waals surface area contributed by atoms with Crippen LogP contribution >= 0.6 is 0 Å². The van der Waals surface area contributed by atoms with Crippen LogP contribution in [0.1, 0.15) is 30.4 Å². The lowest BCUT2D eigenvalue weighted by Crippen LogP contribution is -2.68. The highest BCUT2D eigenvalue weighted by Crippen LogP contribution is 2.39. The highest BCUT2D eigenvalue weighted by Gasteiger charge is 2.43. The number of halogens is 1. The predicted molar refractivity (Wildman–Crippen MR) is 89.4 cm³/mol. The molecule has 132 valence electrons. The zero-order valence-electron chi connectivity index (χ0n) is 13.9. The molecule has 3 atom stereocenters. The van der Waals surface area contributed by atoms with E-state index in [9.17, 15) is 14.0 Å². The van der Waals surface area contributed by atoms with Crippen molar-refractivity contribution in [3.05, 3.63) is 29.1 Å². The maximum atomic E-state index is 14.7. The smallest absolute Gasteiger partial charge is 0.243 e. The van der Waals surface area contributed by atoms with Crippen molar-refractivity contribution in [1.29, 1.82) is 0 Å². The molecule has 0 saturated carbocycles. The van der Waals surface area contributed by atoms with Gasteiger partial charge in [-0.1, -0.05) is 0 Å². The lowest BCUT2D eigenvalue weighted by Gasteiger charge is -2.54. The van der Waals surface area contributed by atoms with E-state index in [1.54, 1.807) is 6.07 Å². The highest BCUT2D eigenvalue weighted by atomic mass is 19.1. The van der Waals surface area contributed by atoms with Gasteiger partial charge in [0.1, 0.15) is 5.82 Å². The zero-order chi connectivity index (χ0) is 17.1. The number of anilines is 1. The van der Waals surface area contributed by atoms with E-state index in [1.165, 1.54) is 0 Å². The summed E-state index contributed by atoms with van der Waals surface area (Å²) in [6.07, 6.45) is 2.04. The van der Waals surface area contributed by atoms with E-state index in [-0.39, 0.29) is 23.7 Å². The summed E-state index contributed by atoms with van der Waals surface area (Å²) in [5.41, 5.74) is 2.75. The number of piperidine rings is 2. The average Bonchev–Trinajstić information content (AvgIpc) is 2.98. The van der Waals surface area contributed by atoms with E-state index in [1.807, 2.05) is 11.0 Å². The second-order valence-electron chi connectivity index (χ2n) is 7.55. The molecular formula is C18H21FN4O2. The van der Waals surface area contributed by atoms with Gasteiger partial charge < -0.3 is 10.2 Å². The quantitative estimate of drug-likeness (QED) is 0.765. The minimum Gasteiger partial charge on any atom is -0.360 e. The number of carbonyl (C=O) groups excluding carboxylic acids is 2. The molecule has 1 aromatic rings. The lowest BCUT2D eigenvalue weighted by molar-refractivity contribution is -0.137. The van der Waals surface area contributed by atoms with Gasteiger partial charge in [-0.05, 0) is 36.1 Å². The number of carbonyl (C=O) groups is 2. The maximum absolute atomic E-state index is 14.7. The van der Waals surface area contributed by atoms with Gasteiger partial charge in [0.25, 0.3) is 0 Å². The van der Waals surface area contributed by atoms with Crippen LogP contribution in [-0.4, -0.2) is 47.9 Å². The van der Waals surface area contributed by atoms with Crippen LogP contribution in [0.5, 0.6) is 0 Å². The van der Waals surface area contributed by atoms with E-state index in [2.05, 4.69) is 15.5 Å². The number of hydrogen-bond acceptors (Lipinski definition) is 5. The molecular weight excluding hydrogens is 323 g/mol. The molecule has 2 bridgehead atoms. The van der Waals surface area contributed by atoms with Crippen LogP contribution in [0, 0.1) is 5.82 Å². The molecule has 25 heavy (non-hydrogen) atoms. The van der Waals surface area contributed by atoms with Crippen LogP contribution in [0.3, 0.4) is 0 Å². The standard InChI is InChI=1S/C18H21FN4O2/c19-14-3-10-8-22(15-1-2-17(24)21-18(15)25)9-11(10)4-16(14)23-12-5-13(23)7-20-6-12/h3-4,12-13,15,20H,1-2,5-9H2,(H,21,24,25). The summed E-state index contributed by atoms with van der Waals surface area (Å²) < 4.78 is 14.7. The number of imide groups is 1. The van der Waals surface area contributed by atoms with Gasteiger partial charge in [0, 0.05) is 44.7 Å². The Hall–Kier alpha value is -1.99.